The molecule has 0 radical (unpaired) electrons. The van der Waals surface area contributed by atoms with Gasteiger partial charge in [-0.25, -0.2) is 9.18 Å². The van der Waals surface area contributed by atoms with Crippen LogP contribution in [0.25, 0.3) is 0 Å². The van der Waals surface area contributed by atoms with Crippen LogP contribution in [0.1, 0.15) is 0 Å². The summed E-state index contributed by atoms with van der Waals surface area (Å²) in [6, 6.07) is 0. The van der Waals surface area contributed by atoms with E-state index in [0.29, 0.717) is 0 Å². The fourth-order valence-corrected chi connectivity index (χ4v) is 0.138. The highest BCUT2D eigenvalue weighted by atomic mass is 127. The van der Waals surface area contributed by atoms with E-state index in [1.807, 2.05) is 0 Å². The maximum Gasteiger partial charge on any atom is 0.346 e. The number of rotatable bonds is 1. The first-order valence-electron chi connectivity index (χ1n) is 1.18. The monoisotopic (exact) mass is 204 g/mol. The number of halogens is 2. The molecule has 0 aromatic rings. The Morgan fingerprint density at radius 1 is 2.00 bits per heavy atom. The summed E-state index contributed by atoms with van der Waals surface area (Å²) in [4.78, 5) is 9.58. The molecular formula is C2H2FIO2. The minimum absolute atomic E-state index is 0.837. The van der Waals surface area contributed by atoms with Gasteiger partial charge in [0.1, 0.15) is 0 Å². The van der Waals surface area contributed by atoms with Gasteiger partial charge in [0.05, 0.1) is 0 Å². The van der Waals surface area contributed by atoms with Gasteiger partial charge < -0.3 is 3.07 Å². The fourth-order valence-electron chi connectivity index (χ4n) is 0.0206. The zero-order valence-electron chi connectivity index (χ0n) is 2.78. The van der Waals surface area contributed by atoms with Gasteiger partial charge in [-0.3, -0.25) is 0 Å². The number of carbonyl (C=O) groups excluding carboxylic acids is 1. The van der Waals surface area contributed by atoms with E-state index < -0.39 is 12.6 Å². The molecule has 0 bridgehead atoms. The molecule has 4 heteroatoms. The van der Waals surface area contributed by atoms with Gasteiger partial charge >= 0.3 is 5.97 Å². The summed E-state index contributed by atoms with van der Waals surface area (Å²) in [7, 11) is 0. The van der Waals surface area contributed by atoms with Gasteiger partial charge in [0, 0.05) is 0 Å². The second-order valence-corrected chi connectivity index (χ2v) is 1.02. The normalized spacial score (nSPS) is 7.67. The van der Waals surface area contributed by atoms with E-state index in [1.54, 1.807) is 0 Å². The second-order valence-electron chi connectivity index (χ2n) is 0.583. The van der Waals surface area contributed by atoms with Crippen LogP contribution in [-0.2, 0) is 7.86 Å². The summed E-state index contributed by atoms with van der Waals surface area (Å²) in [6.45, 7) is -1.04. The molecule has 0 saturated heterocycles. The van der Waals surface area contributed by atoms with Gasteiger partial charge in [-0.1, -0.05) is 0 Å². The van der Waals surface area contributed by atoms with Gasteiger partial charge in [-0.2, -0.15) is 0 Å². The van der Waals surface area contributed by atoms with E-state index in [4.69, 9.17) is 0 Å². The third-order valence-electron chi connectivity index (χ3n) is 0.195. The third-order valence-corrected chi connectivity index (χ3v) is 0.686. The molecule has 0 N–H and O–H groups in total. The Balaban J connectivity index is 2.99. The molecule has 0 saturated carbocycles. The molecule has 6 heavy (non-hydrogen) atoms. The summed E-state index contributed by atoms with van der Waals surface area (Å²) < 4.78 is 14.8. The summed E-state index contributed by atoms with van der Waals surface area (Å²) in [5, 5.41) is 0. The molecule has 0 atom stereocenters. The number of alkyl halides is 1. The van der Waals surface area contributed by atoms with Gasteiger partial charge in [0.25, 0.3) is 0 Å². The smallest absolute Gasteiger partial charge is 0.346 e. The topological polar surface area (TPSA) is 26.3 Å². The average molecular weight is 204 g/mol. The van der Waals surface area contributed by atoms with Crippen molar-refractivity contribution in [3.05, 3.63) is 0 Å². The summed E-state index contributed by atoms with van der Waals surface area (Å²) >= 11 is 1.32. The van der Waals surface area contributed by atoms with Crippen LogP contribution in [0.3, 0.4) is 0 Å². The Morgan fingerprint density at radius 2 is 2.50 bits per heavy atom. The fraction of sp³-hybridized carbons (Fsp3) is 0.500. The predicted octanol–water partition coefficient (Wildman–Crippen LogP) is 0.849. The highest BCUT2D eigenvalue weighted by Crippen LogP contribution is 1.85. The lowest BCUT2D eigenvalue weighted by Crippen LogP contribution is -1.96. The Kier molecular flexibility index (Phi) is 3.40. The zero-order valence-corrected chi connectivity index (χ0v) is 4.94. The first kappa shape index (κ1) is 6.13. The molecule has 2 nitrogen and oxygen atoms in total. The Morgan fingerprint density at radius 3 is 2.50 bits per heavy atom. The van der Waals surface area contributed by atoms with Crippen molar-refractivity contribution in [1.82, 2.24) is 0 Å². The Hall–Kier alpha value is 0.130. The highest BCUT2D eigenvalue weighted by Gasteiger charge is 1.93. The number of hydrogen-bond acceptors (Lipinski definition) is 2. The lowest BCUT2D eigenvalue weighted by Gasteiger charge is -1.81. The maximum atomic E-state index is 10.9. The van der Waals surface area contributed by atoms with Gasteiger partial charge in [0.15, 0.2) is 29.7 Å². The Bertz CT molecular complexity index is 49.5. The predicted molar refractivity (Wildman–Crippen MR) is 26.1 cm³/mol. The van der Waals surface area contributed by atoms with E-state index in [2.05, 4.69) is 3.07 Å². The molecule has 0 spiro atoms. The van der Waals surface area contributed by atoms with Crippen LogP contribution in [0.2, 0.25) is 0 Å². The number of carbonyl (C=O) groups is 1. The first-order valence-corrected chi connectivity index (χ1v) is 2.06. The summed E-state index contributed by atoms with van der Waals surface area (Å²) in [5.74, 6) is -0.837. The maximum absolute atomic E-state index is 10.9. The van der Waals surface area contributed by atoms with Crippen LogP contribution >= 0.6 is 23.0 Å². The van der Waals surface area contributed by atoms with Gasteiger partial charge in [-0.05, 0) is 0 Å². The van der Waals surface area contributed by atoms with Crippen molar-refractivity contribution in [3.63, 3.8) is 0 Å². The molecule has 36 valence electrons. The van der Waals surface area contributed by atoms with E-state index in [9.17, 15) is 9.18 Å². The molecular weight excluding hydrogens is 202 g/mol. The quantitative estimate of drug-likeness (QED) is 0.591. The van der Waals surface area contributed by atoms with Crippen LogP contribution in [0, 0.1) is 0 Å². The minimum atomic E-state index is -1.04. The molecule has 0 heterocycles. The lowest BCUT2D eigenvalue weighted by molar-refractivity contribution is -0.132. The van der Waals surface area contributed by atoms with Crippen LogP contribution in [0.15, 0.2) is 0 Å². The lowest BCUT2D eigenvalue weighted by atomic mass is 10.8. The SMILES string of the molecule is O=C(CF)OI. The molecule has 0 unspecified atom stereocenters. The van der Waals surface area contributed by atoms with Crippen molar-refractivity contribution in [1.29, 1.82) is 0 Å². The third kappa shape index (κ3) is 2.37. The molecule has 0 rings (SSSR count). The van der Waals surface area contributed by atoms with Gasteiger partial charge in [0.2, 0.25) is 0 Å². The standard InChI is InChI=1S/C2H2FIO2/c3-1-2(5)6-4/h1H2. The van der Waals surface area contributed by atoms with E-state index in [-0.39, 0.29) is 0 Å². The van der Waals surface area contributed by atoms with E-state index >= 15 is 0 Å². The molecule has 0 fully saturated rings. The molecule has 0 aliphatic carbocycles. The molecule has 0 amide bonds. The van der Waals surface area contributed by atoms with Crippen molar-refractivity contribution in [3.8, 4) is 0 Å². The summed E-state index contributed by atoms with van der Waals surface area (Å²) in [5.41, 5.74) is 0. The zero-order chi connectivity index (χ0) is 4.99. The minimum Gasteiger partial charge on any atom is -0.393 e. The van der Waals surface area contributed by atoms with Crippen LogP contribution in [0.5, 0.6) is 0 Å². The van der Waals surface area contributed by atoms with E-state index in [0.717, 1.165) is 0 Å². The van der Waals surface area contributed by atoms with Crippen LogP contribution < -0.4 is 0 Å². The Labute approximate surface area is 48.4 Å². The van der Waals surface area contributed by atoms with Crippen molar-refractivity contribution >= 4 is 29.0 Å². The largest absolute Gasteiger partial charge is 0.393 e. The highest BCUT2D eigenvalue weighted by molar-refractivity contribution is 14.1. The average Bonchev–Trinajstić information content (AvgIpc) is 1.65. The van der Waals surface area contributed by atoms with Crippen molar-refractivity contribution < 1.29 is 12.3 Å². The van der Waals surface area contributed by atoms with Crippen LogP contribution in [0.4, 0.5) is 4.39 Å². The molecule has 0 aliphatic rings. The van der Waals surface area contributed by atoms with Crippen molar-refractivity contribution in [2.24, 2.45) is 0 Å². The molecule has 0 aromatic heterocycles. The summed E-state index contributed by atoms with van der Waals surface area (Å²) in [6.07, 6.45) is 0. The van der Waals surface area contributed by atoms with Crippen molar-refractivity contribution in [2.75, 3.05) is 6.67 Å². The second kappa shape index (κ2) is 3.32. The van der Waals surface area contributed by atoms with Crippen LogP contribution in [-0.4, -0.2) is 12.6 Å². The van der Waals surface area contributed by atoms with Crippen molar-refractivity contribution in [2.45, 2.75) is 0 Å². The molecule has 0 aliphatic heterocycles. The first-order chi connectivity index (χ1) is 2.81. The molecule has 0 aromatic carbocycles. The van der Waals surface area contributed by atoms with Gasteiger partial charge in [-0.15, -0.1) is 0 Å². The van der Waals surface area contributed by atoms with E-state index in [1.165, 1.54) is 23.0 Å². The number of hydrogen-bond donors (Lipinski definition) is 0.